The topological polar surface area (TPSA) is 52.2 Å². The van der Waals surface area contributed by atoms with Crippen LogP contribution in [-0.2, 0) is 12.8 Å². The van der Waals surface area contributed by atoms with Crippen LogP contribution in [0.15, 0.2) is 24.3 Å². The lowest BCUT2D eigenvalue weighted by Crippen LogP contribution is -2.46. The average Bonchev–Trinajstić information content (AvgIpc) is 2.88. The lowest BCUT2D eigenvalue weighted by molar-refractivity contribution is 0.0405. The second-order valence-electron chi connectivity index (χ2n) is 9.94. The number of benzene rings is 2. The Balaban J connectivity index is 1.42. The van der Waals surface area contributed by atoms with Gasteiger partial charge in [0.15, 0.2) is 23.0 Å². The molecule has 1 fully saturated rings. The van der Waals surface area contributed by atoms with Gasteiger partial charge in [-0.3, -0.25) is 4.90 Å². The van der Waals surface area contributed by atoms with Crippen molar-refractivity contribution >= 4 is 0 Å². The number of piperidine rings is 1. The summed E-state index contributed by atoms with van der Waals surface area (Å²) in [5, 5.41) is 3.81. The second-order valence-corrected chi connectivity index (χ2v) is 9.94. The highest BCUT2D eigenvalue weighted by molar-refractivity contribution is 5.51. The van der Waals surface area contributed by atoms with Crippen LogP contribution in [0, 0.1) is 11.8 Å². The third-order valence-corrected chi connectivity index (χ3v) is 8.40. The third kappa shape index (κ3) is 4.01. The predicted molar refractivity (Wildman–Crippen MR) is 133 cm³/mol. The van der Waals surface area contributed by atoms with Gasteiger partial charge in [-0.05, 0) is 97.1 Å². The van der Waals surface area contributed by atoms with E-state index in [1.165, 1.54) is 28.7 Å². The average molecular weight is 467 g/mol. The molecule has 0 radical (unpaired) electrons. The predicted octanol–water partition coefficient (Wildman–Crippen LogP) is 4.55. The molecule has 0 aliphatic carbocycles. The molecule has 0 unspecified atom stereocenters. The Morgan fingerprint density at radius 2 is 1.38 bits per heavy atom. The smallest absolute Gasteiger partial charge is 0.161 e. The molecule has 1 N–H and O–H groups in total. The Bertz CT molecular complexity index is 1040. The molecule has 0 amide bonds. The molecule has 6 heteroatoms. The Hall–Kier alpha value is -2.44. The summed E-state index contributed by atoms with van der Waals surface area (Å²) in [6.45, 7) is 5.72. The molecular weight excluding hydrogens is 428 g/mol. The number of rotatable bonds is 6. The van der Waals surface area contributed by atoms with Gasteiger partial charge in [0.05, 0.1) is 28.4 Å². The summed E-state index contributed by atoms with van der Waals surface area (Å²) in [7, 11) is 6.88. The largest absolute Gasteiger partial charge is 0.493 e. The molecule has 3 aliphatic heterocycles. The molecule has 0 spiro atoms. The van der Waals surface area contributed by atoms with Gasteiger partial charge in [0, 0.05) is 18.6 Å². The maximum Gasteiger partial charge on any atom is 0.161 e. The summed E-state index contributed by atoms with van der Waals surface area (Å²) in [5.74, 6) is 4.50. The van der Waals surface area contributed by atoms with E-state index in [2.05, 4.69) is 41.4 Å². The van der Waals surface area contributed by atoms with Gasteiger partial charge in [-0.25, -0.2) is 0 Å². The van der Waals surface area contributed by atoms with Crippen molar-refractivity contribution in [3.05, 3.63) is 46.5 Å². The fourth-order valence-electron chi connectivity index (χ4n) is 6.56. The van der Waals surface area contributed by atoms with E-state index in [1.54, 1.807) is 28.4 Å². The van der Waals surface area contributed by atoms with E-state index in [9.17, 15) is 0 Å². The lowest BCUT2D eigenvalue weighted by atomic mass is 9.71. The first-order valence-electron chi connectivity index (χ1n) is 12.5. The molecule has 2 aromatic carbocycles. The zero-order valence-corrected chi connectivity index (χ0v) is 21.1. The van der Waals surface area contributed by atoms with Crippen LogP contribution < -0.4 is 24.3 Å². The van der Waals surface area contributed by atoms with Crippen molar-refractivity contribution in [2.45, 2.75) is 44.7 Å². The first-order valence-corrected chi connectivity index (χ1v) is 12.5. The minimum absolute atomic E-state index is 0.344. The van der Waals surface area contributed by atoms with Crippen molar-refractivity contribution in [1.82, 2.24) is 10.2 Å². The van der Waals surface area contributed by atoms with Crippen LogP contribution >= 0.6 is 0 Å². The molecule has 3 aliphatic rings. The Labute approximate surface area is 203 Å². The third-order valence-electron chi connectivity index (χ3n) is 8.40. The number of nitrogens with zero attached hydrogens (tertiary/aromatic N) is 1. The second kappa shape index (κ2) is 9.67. The first-order chi connectivity index (χ1) is 16.6. The van der Waals surface area contributed by atoms with E-state index < -0.39 is 0 Å². The molecular formula is C28H38N2O4. The Morgan fingerprint density at radius 1 is 0.794 bits per heavy atom. The minimum Gasteiger partial charge on any atom is -0.493 e. The van der Waals surface area contributed by atoms with Gasteiger partial charge in [-0.15, -0.1) is 0 Å². The van der Waals surface area contributed by atoms with Gasteiger partial charge in [0.2, 0.25) is 0 Å². The van der Waals surface area contributed by atoms with E-state index in [-0.39, 0.29) is 0 Å². The van der Waals surface area contributed by atoms with E-state index in [1.807, 2.05) is 0 Å². The van der Waals surface area contributed by atoms with Gasteiger partial charge in [-0.2, -0.15) is 0 Å². The molecule has 184 valence electrons. The number of nitrogens with one attached hydrogen (secondary N) is 1. The molecule has 2 aromatic rings. The molecule has 6 nitrogen and oxygen atoms in total. The van der Waals surface area contributed by atoms with Crippen molar-refractivity contribution < 1.29 is 18.9 Å². The quantitative estimate of drug-likeness (QED) is 0.674. The standard InChI is InChI=1S/C28H38N2O4/c1-17-18(12-23-21-15-26(33-4)24(31-2)13-19(21)6-9-29-23)7-10-30-11-8-20-14-25(32-3)27(34-5)16-22(20)28(17)30/h13-18,23,28-29H,6-12H2,1-5H3/t17-,18+,23+,28-/m0/s1. The molecule has 5 rings (SSSR count). The van der Waals surface area contributed by atoms with E-state index in [0.29, 0.717) is 23.9 Å². The minimum atomic E-state index is 0.344. The maximum absolute atomic E-state index is 5.67. The zero-order valence-electron chi connectivity index (χ0n) is 21.1. The highest BCUT2D eigenvalue weighted by atomic mass is 16.5. The van der Waals surface area contributed by atoms with Gasteiger partial charge in [0.25, 0.3) is 0 Å². The van der Waals surface area contributed by atoms with Gasteiger partial charge < -0.3 is 24.3 Å². The number of methoxy groups -OCH3 is 4. The number of hydrogen-bond acceptors (Lipinski definition) is 6. The van der Waals surface area contributed by atoms with Crippen molar-refractivity contribution in [2.24, 2.45) is 11.8 Å². The number of ether oxygens (including phenoxy) is 4. The Kier molecular flexibility index (Phi) is 6.63. The monoisotopic (exact) mass is 466 g/mol. The molecule has 0 saturated carbocycles. The molecule has 34 heavy (non-hydrogen) atoms. The van der Waals surface area contributed by atoms with Crippen LogP contribution in [0.4, 0.5) is 0 Å². The highest BCUT2D eigenvalue weighted by Crippen LogP contribution is 2.48. The van der Waals surface area contributed by atoms with Crippen molar-refractivity contribution in [2.75, 3.05) is 48.1 Å². The lowest BCUT2D eigenvalue weighted by Gasteiger charge is -2.48. The molecule has 1 saturated heterocycles. The molecule has 0 aromatic heterocycles. The van der Waals surface area contributed by atoms with Gasteiger partial charge >= 0.3 is 0 Å². The highest BCUT2D eigenvalue weighted by Gasteiger charge is 2.41. The van der Waals surface area contributed by atoms with E-state index in [4.69, 9.17) is 18.9 Å². The van der Waals surface area contributed by atoms with Crippen molar-refractivity contribution in [1.29, 1.82) is 0 Å². The summed E-state index contributed by atoms with van der Waals surface area (Å²) < 4.78 is 22.5. The molecule has 0 bridgehead atoms. The van der Waals surface area contributed by atoms with Crippen LogP contribution in [0.1, 0.15) is 54.1 Å². The number of fused-ring (bicyclic) bond motifs is 4. The SMILES string of the molecule is COc1cc2c(cc1OC)[C@@H]1[C@@H](C)[C@@H](C[C@H]3NCCc4cc(OC)c(OC)cc43)CCN1CC2. The fourth-order valence-corrected chi connectivity index (χ4v) is 6.56. The summed E-state index contributed by atoms with van der Waals surface area (Å²) >= 11 is 0. The van der Waals surface area contributed by atoms with Crippen molar-refractivity contribution in [3.63, 3.8) is 0 Å². The zero-order chi connectivity index (χ0) is 23.8. The van der Waals surface area contributed by atoms with Crippen LogP contribution in [0.2, 0.25) is 0 Å². The summed E-state index contributed by atoms with van der Waals surface area (Å²) in [4.78, 5) is 2.69. The van der Waals surface area contributed by atoms with Crippen LogP contribution in [0.25, 0.3) is 0 Å². The maximum atomic E-state index is 5.67. The summed E-state index contributed by atoms with van der Waals surface area (Å²) in [5.41, 5.74) is 5.58. The fraction of sp³-hybridized carbons (Fsp3) is 0.571. The Morgan fingerprint density at radius 3 is 2.03 bits per heavy atom. The number of hydrogen-bond donors (Lipinski definition) is 1. The van der Waals surface area contributed by atoms with Gasteiger partial charge in [0.1, 0.15) is 0 Å². The summed E-state index contributed by atoms with van der Waals surface area (Å²) in [6, 6.07) is 9.56. The summed E-state index contributed by atoms with van der Waals surface area (Å²) in [6.07, 6.45) is 4.47. The van der Waals surface area contributed by atoms with Crippen LogP contribution in [0.5, 0.6) is 23.0 Å². The van der Waals surface area contributed by atoms with Crippen LogP contribution in [-0.4, -0.2) is 53.0 Å². The van der Waals surface area contributed by atoms with E-state index in [0.717, 1.165) is 61.9 Å². The van der Waals surface area contributed by atoms with Gasteiger partial charge in [-0.1, -0.05) is 6.92 Å². The first kappa shape index (κ1) is 23.3. The molecule has 4 atom stereocenters. The van der Waals surface area contributed by atoms with Crippen LogP contribution in [0.3, 0.4) is 0 Å². The molecule has 3 heterocycles. The van der Waals surface area contributed by atoms with Crippen molar-refractivity contribution in [3.8, 4) is 23.0 Å². The van der Waals surface area contributed by atoms with E-state index >= 15 is 0 Å². The normalized spacial score (nSPS) is 26.1.